The molecule has 164 valence electrons. The second kappa shape index (κ2) is 11.3. The molecule has 0 radical (unpaired) electrons. The molecule has 1 aliphatic carbocycles. The maximum absolute atomic E-state index is 12.7. The smallest absolute Gasteiger partial charge is 0.270 e. The minimum absolute atomic E-state index is 0.0440. The quantitative estimate of drug-likeness (QED) is 0.677. The molecule has 2 N–H and O–H groups in total. The van der Waals surface area contributed by atoms with Crippen molar-refractivity contribution in [2.75, 3.05) is 14.2 Å². The van der Waals surface area contributed by atoms with Crippen LogP contribution in [0.25, 0.3) is 6.08 Å². The lowest BCUT2D eigenvalue weighted by molar-refractivity contribution is -0.119. The molecular formula is C25H31N3O3. The number of amides is 2. The van der Waals surface area contributed by atoms with Crippen molar-refractivity contribution in [3.05, 3.63) is 65.0 Å². The second-order valence-corrected chi connectivity index (χ2v) is 7.92. The minimum atomic E-state index is -0.244. The van der Waals surface area contributed by atoms with Gasteiger partial charge in [0.05, 0.1) is 19.7 Å². The number of nitrogens with zero attached hydrogens (tertiary/aromatic N) is 1. The summed E-state index contributed by atoms with van der Waals surface area (Å²) in [5.41, 5.74) is 3.05. The van der Waals surface area contributed by atoms with Crippen LogP contribution in [-0.4, -0.2) is 31.0 Å². The third kappa shape index (κ3) is 6.67. The average Bonchev–Trinajstić information content (AvgIpc) is 2.81. The van der Waals surface area contributed by atoms with E-state index in [9.17, 15) is 9.59 Å². The van der Waals surface area contributed by atoms with Crippen LogP contribution in [0.15, 0.2) is 42.6 Å². The number of aromatic nitrogens is 1. The van der Waals surface area contributed by atoms with Gasteiger partial charge in [-0.05, 0) is 36.0 Å². The van der Waals surface area contributed by atoms with Crippen LogP contribution in [-0.2, 0) is 17.8 Å². The van der Waals surface area contributed by atoms with Crippen LogP contribution in [0.5, 0.6) is 5.75 Å². The lowest BCUT2D eigenvalue weighted by Crippen LogP contribution is -2.24. The second-order valence-electron chi connectivity index (χ2n) is 7.92. The molecule has 3 rings (SSSR count). The summed E-state index contributed by atoms with van der Waals surface area (Å²) in [6, 6.07) is 9.41. The van der Waals surface area contributed by atoms with Crippen molar-refractivity contribution in [2.24, 2.45) is 5.92 Å². The van der Waals surface area contributed by atoms with Gasteiger partial charge < -0.3 is 15.4 Å². The first kappa shape index (κ1) is 22.5. The monoisotopic (exact) mass is 421 g/mol. The van der Waals surface area contributed by atoms with Crippen LogP contribution in [0.4, 0.5) is 0 Å². The normalized spacial score (nSPS) is 14.4. The molecule has 0 aliphatic heterocycles. The fourth-order valence-corrected chi connectivity index (χ4v) is 3.85. The van der Waals surface area contributed by atoms with Crippen LogP contribution in [0.3, 0.4) is 0 Å². The molecule has 1 aromatic heterocycles. The molecule has 1 fully saturated rings. The van der Waals surface area contributed by atoms with Gasteiger partial charge in [-0.3, -0.25) is 9.59 Å². The summed E-state index contributed by atoms with van der Waals surface area (Å²) in [5, 5.41) is 5.53. The highest BCUT2D eigenvalue weighted by Gasteiger charge is 2.13. The lowest BCUT2D eigenvalue weighted by Gasteiger charge is -2.18. The third-order valence-electron chi connectivity index (χ3n) is 5.64. The highest BCUT2D eigenvalue weighted by molar-refractivity contribution is 5.93. The number of allylic oxidation sites excluding steroid dienone is 1. The van der Waals surface area contributed by atoms with Gasteiger partial charge in [-0.15, -0.1) is 0 Å². The van der Waals surface area contributed by atoms with E-state index in [0.29, 0.717) is 30.3 Å². The van der Waals surface area contributed by atoms with Crippen molar-refractivity contribution < 1.29 is 14.3 Å². The Morgan fingerprint density at radius 2 is 1.94 bits per heavy atom. The lowest BCUT2D eigenvalue weighted by atomic mass is 9.89. The molecule has 2 amide bonds. The number of likely N-dealkylation sites (N-methyl/N-ethyl adjacent to an activating group) is 1. The predicted octanol–water partition coefficient (Wildman–Crippen LogP) is 3.90. The Morgan fingerprint density at radius 1 is 1.16 bits per heavy atom. The van der Waals surface area contributed by atoms with E-state index in [4.69, 9.17) is 4.74 Å². The van der Waals surface area contributed by atoms with Gasteiger partial charge in [0.1, 0.15) is 11.4 Å². The number of rotatable bonds is 8. The molecule has 0 spiro atoms. The van der Waals surface area contributed by atoms with Gasteiger partial charge in [0.15, 0.2) is 0 Å². The summed E-state index contributed by atoms with van der Waals surface area (Å²) < 4.78 is 5.43. The van der Waals surface area contributed by atoms with Crippen molar-refractivity contribution in [3.8, 4) is 5.75 Å². The first-order valence-corrected chi connectivity index (χ1v) is 10.9. The molecule has 6 nitrogen and oxygen atoms in total. The summed E-state index contributed by atoms with van der Waals surface area (Å²) >= 11 is 0. The summed E-state index contributed by atoms with van der Waals surface area (Å²) in [6.07, 6.45) is 12.5. The van der Waals surface area contributed by atoms with Crippen LogP contribution in [0, 0.1) is 5.92 Å². The van der Waals surface area contributed by atoms with Crippen molar-refractivity contribution in [1.82, 2.24) is 15.6 Å². The Bertz CT molecular complexity index is 933. The summed E-state index contributed by atoms with van der Waals surface area (Å²) in [4.78, 5) is 28.5. The summed E-state index contributed by atoms with van der Waals surface area (Å²) in [6.45, 7) is 0.362. The molecule has 0 atom stereocenters. The van der Waals surface area contributed by atoms with Crippen LogP contribution in [0.2, 0.25) is 0 Å². The molecule has 1 aromatic carbocycles. The molecular weight excluding hydrogens is 390 g/mol. The summed E-state index contributed by atoms with van der Waals surface area (Å²) in [5.74, 6) is 0.959. The number of methoxy groups -OCH3 is 1. The maximum atomic E-state index is 12.7. The van der Waals surface area contributed by atoms with Gasteiger partial charge in [-0.2, -0.15) is 0 Å². The number of pyridine rings is 1. The molecule has 1 aliphatic rings. The maximum Gasteiger partial charge on any atom is 0.270 e. The van der Waals surface area contributed by atoms with Crippen LogP contribution in [0.1, 0.15) is 59.3 Å². The SMILES string of the molecule is CNC(=O)Cc1cccc(CNC(=O)c2cc(/C=C/C3CCCCC3)c(OC)cn2)c1. The number of carbonyl (C=O) groups excluding carboxylic acids is 2. The molecule has 1 heterocycles. The first-order valence-electron chi connectivity index (χ1n) is 10.9. The number of nitrogens with one attached hydrogen (secondary N) is 2. The van der Waals surface area contributed by atoms with E-state index < -0.39 is 0 Å². The van der Waals surface area contributed by atoms with Crippen molar-refractivity contribution in [3.63, 3.8) is 0 Å². The fourth-order valence-electron chi connectivity index (χ4n) is 3.85. The van der Waals surface area contributed by atoms with E-state index >= 15 is 0 Å². The van der Waals surface area contributed by atoms with Gasteiger partial charge in [0, 0.05) is 19.2 Å². The average molecular weight is 422 g/mol. The predicted molar refractivity (Wildman–Crippen MR) is 122 cm³/mol. The Balaban J connectivity index is 1.65. The Kier molecular flexibility index (Phi) is 8.21. The van der Waals surface area contributed by atoms with E-state index in [-0.39, 0.29) is 11.8 Å². The third-order valence-corrected chi connectivity index (χ3v) is 5.64. The van der Waals surface area contributed by atoms with E-state index in [0.717, 1.165) is 16.7 Å². The van der Waals surface area contributed by atoms with Gasteiger partial charge in [-0.1, -0.05) is 55.7 Å². The number of ether oxygens (including phenoxy) is 1. The van der Waals surface area contributed by atoms with Gasteiger partial charge in [0.2, 0.25) is 5.91 Å². The minimum Gasteiger partial charge on any atom is -0.495 e. The number of hydrogen-bond donors (Lipinski definition) is 2. The Labute approximate surface area is 184 Å². The number of hydrogen-bond acceptors (Lipinski definition) is 4. The zero-order valence-corrected chi connectivity index (χ0v) is 18.3. The van der Waals surface area contributed by atoms with Crippen LogP contribution < -0.4 is 15.4 Å². The zero-order valence-electron chi connectivity index (χ0n) is 18.3. The standard InChI is InChI=1S/C25H31N3O3/c1-26-24(29)14-19-9-6-10-20(13-19)16-28-25(30)22-15-21(23(31-2)17-27-22)12-11-18-7-4-3-5-8-18/h6,9-13,15,17-18H,3-5,7-8,14,16H2,1-2H3,(H,26,29)(H,28,30)/b12-11+. The van der Waals surface area contributed by atoms with Crippen molar-refractivity contribution in [2.45, 2.75) is 45.1 Å². The van der Waals surface area contributed by atoms with Gasteiger partial charge >= 0.3 is 0 Å². The highest BCUT2D eigenvalue weighted by Crippen LogP contribution is 2.27. The number of carbonyl (C=O) groups is 2. The summed E-state index contributed by atoms with van der Waals surface area (Å²) in [7, 11) is 3.23. The topological polar surface area (TPSA) is 80.3 Å². The van der Waals surface area contributed by atoms with E-state index in [1.165, 1.54) is 32.1 Å². The molecule has 2 aromatic rings. The van der Waals surface area contributed by atoms with E-state index in [1.54, 1.807) is 26.4 Å². The first-order chi connectivity index (χ1) is 15.1. The van der Waals surface area contributed by atoms with Gasteiger partial charge in [-0.25, -0.2) is 4.98 Å². The number of benzene rings is 1. The fraction of sp³-hybridized carbons (Fsp3) is 0.400. The van der Waals surface area contributed by atoms with Gasteiger partial charge in [0.25, 0.3) is 5.91 Å². The van der Waals surface area contributed by atoms with Crippen molar-refractivity contribution in [1.29, 1.82) is 0 Å². The molecule has 6 heteroatoms. The molecule has 0 saturated heterocycles. The van der Waals surface area contributed by atoms with E-state index in [2.05, 4.69) is 27.8 Å². The zero-order chi connectivity index (χ0) is 22.1. The van der Waals surface area contributed by atoms with Crippen LogP contribution >= 0.6 is 0 Å². The Hall–Kier alpha value is -3.15. The van der Waals surface area contributed by atoms with E-state index in [1.807, 2.05) is 24.3 Å². The molecule has 0 unspecified atom stereocenters. The van der Waals surface area contributed by atoms with Crippen molar-refractivity contribution >= 4 is 17.9 Å². The molecule has 31 heavy (non-hydrogen) atoms. The largest absolute Gasteiger partial charge is 0.495 e. The molecule has 1 saturated carbocycles. The highest BCUT2D eigenvalue weighted by atomic mass is 16.5. The molecule has 0 bridgehead atoms. The Morgan fingerprint density at radius 3 is 2.68 bits per heavy atom.